The molecule has 0 amide bonds. The quantitative estimate of drug-likeness (QED) is 0.773. The highest BCUT2D eigenvalue weighted by Gasteiger charge is 2.05. The zero-order valence-corrected chi connectivity index (χ0v) is 9.52. The second-order valence-electron chi connectivity index (χ2n) is 4.22. The van der Waals surface area contributed by atoms with Gasteiger partial charge in [-0.3, -0.25) is 0 Å². The van der Waals surface area contributed by atoms with Gasteiger partial charge in [-0.15, -0.1) is 0 Å². The van der Waals surface area contributed by atoms with E-state index in [9.17, 15) is 4.39 Å². The zero-order chi connectivity index (χ0) is 11.5. The van der Waals surface area contributed by atoms with E-state index in [0.29, 0.717) is 18.0 Å². The summed E-state index contributed by atoms with van der Waals surface area (Å²) in [5.74, 6) is 0.240. The average molecular weight is 218 g/mol. The highest BCUT2D eigenvalue weighted by atomic mass is 19.1. The lowest BCUT2D eigenvalue weighted by molar-refractivity contribution is 0.599. The Balaban J connectivity index is 2.18. The van der Waals surface area contributed by atoms with Gasteiger partial charge in [-0.1, -0.05) is 32.0 Å². The smallest absolute Gasteiger partial charge is 0.128 e. The lowest BCUT2D eigenvalue weighted by atomic mass is 10.1. The third-order valence-electron chi connectivity index (χ3n) is 2.56. The Kier molecular flexibility index (Phi) is 3.04. The molecule has 2 aromatic rings. The van der Waals surface area contributed by atoms with Crippen LogP contribution in [0.25, 0.3) is 0 Å². The van der Waals surface area contributed by atoms with Crippen LogP contribution in [-0.4, -0.2) is 9.55 Å². The van der Waals surface area contributed by atoms with E-state index in [1.165, 1.54) is 6.07 Å². The lowest BCUT2D eigenvalue weighted by Gasteiger charge is -2.03. The summed E-state index contributed by atoms with van der Waals surface area (Å²) in [6, 6.07) is 6.82. The second kappa shape index (κ2) is 4.47. The molecule has 0 aliphatic carbocycles. The van der Waals surface area contributed by atoms with Gasteiger partial charge in [-0.25, -0.2) is 9.37 Å². The molecule has 1 heterocycles. The maximum atomic E-state index is 13.4. The molecule has 0 radical (unpaired) electrons. The van der Waals surface area contributed by atoms with Crippen LogP contribution in [-0.2, 0) is 6.54 Å². The summed E-state index contributed by atoms with van der Waals surface area (Å²) in [5, 5.41) is 0. The number of hydrogen-bond donors (Lipinski definition) is 0. The van der Waals surface area contributed by atoms with Gasteiger partial charge in [-0.2, -0.15) is 0 Å². The molecule has 2 nitrogen and oxygen atoms in total. The molecule has 0 N–H and O–H groups in total. The summed E-state index contributed by atoms with van der Waals surface area (Å²) in [4.78, 5) is 4.28. The van der Waals surface area contributed by atoms with Gasteiger partial charge in [0.1, 0.15) is 5.82 Å². The molecular formula is C13H15FN2. The third-order valence-corrected chi connectivity index (χ3v) is 2.56. The number of benzene rings is 1. The van der Waals surface area contributed by atoms with Crippen molar-refractivity contribution in [2.45, 2.75) is 26.3 Å². The summed E-state index contributed by atoms with van der Waals surface area (Å²) in [6.07, 6.45) is 3.72. The lowest BCUT2D eigenvalue weighted by Crippen LogP contribution is -1.99. The third kappa shape index (κ3) is 2.30. The van der Waals surface area contributed by atoms with Gasteiger partial charge in [0.25, 0.3) is 0 Å². The van der Waals surface area contributed by atoms with Crippen LogP contribution in [0, 0.1) is 5.82 Å². The molecule has 1 aromatic carbocycles. The van der Waals surface area contributed by atoms with E-state index in [2.05, 4.69) is 18.8 Å². The van der Waals surface area contributed by atoms with E-state index in [1.54, 1.807) is 18.5 Å². The number of halogens is 1. The van der Waals surface area contributed by atoms with Crippen molar-refractivity contribution in [2.24, 2.45) is 0 Å². The summed E-state index contributed by atoms with van der Waals surface area (Å²) in [6.45, 7) is 4.72. The minimum absolute atomic E-state index is 0.165. The van der Waals surface area contributed by atoms with E-state index in [-0.39, 0.29) is 5.82 Å². The minimum Gasteiger partial charge on any atom is -0.333 e. The van der Waals surface area contributed by atoms with E-state index < -0.39 is 0 Å². The Hall–Kier alpha value is -1.64. The molecule has 84 valence electrons. The largest absolute Gasteiger partial charge is 0.333 e. The number of imidazole rings is 1. The van der Waals surface area contributed by atoms with Crippen LogP contribution in [0.1, 0.15) is 31.0 Å². The van der Waals surface area contributed by atoms with Crippen molar-refractivity contribution in [3.05, 3.63) is 53.9 Å². The monoisotopic (exact) mass is 218 g/mol. The average Bonchev–Trinajstić information content (AvgIpc) is 2.70. The Morgan fingerprint density at radius 2 is 2.06 bits per heavy atom. The second-order valence-corrected chi connectivity index (χ2v) is 4.22. The molecule has 2 rings (SSSR count). The maximum Gasteiger partial charge on any atom is 0.128 e. The first-order valence-corrected chi connectivity index (χ1v) is 5.42. The maximum absolute atomic E-state index is 13.4. The Morgan fingerprint density at radius 3 is 2.69 bits per heavy atom. The molecule has 1 aromatic heterocycles. The molecule has 0 bridgehead atoms. The number of nitrogens with zero attached hydrogens (tertiary/aromatic N) is 2. The van der Waals surface area contributed by atoms with E-state index in [0.717, 1.165) is 5.69 Å². The van der Waals surface area contributed by atoms with Crippen LogP contribution >= 0.6 is 0 Å². The predicted molar refractivity (Wildman–Crippen MR) is 61.8 cm³/mol. The minimum atomic E-state index is -0.165. The van der Waals surface area contributed by atoms with Gasteiger partial charge in [0, 0.05) is 11.8 Å². The fourth-order valence-electron chi connectivity index (χ4n) is 1.59. The Labute approximate surface area is 94.8 Å². The van der Waals surface area contributed by atoms with Crippen molar-refractivity contribution < 1.29 is 4.39 Å². The molecule has 3 heteroatoms. The van der Waals surface area contributed by atoms with Crippen molar-refractivity contribution >= 4 is 0 Å². The molecule has 0 spiro atoms. The first-order valence-electron chi connectivity index (χ1n) is 5.42. The van der Waals surface area contributed by atoms with Gasteiger partial charge in [-0.05, 0) is 12.0 Å². The SMILES string of the molecule is CC(C)c1cn(Cc2ccccc2F)cn1. The van der Waals surface area contributed by atoms with Crippen LogP contribution in [0.3, 0.4) is 0 Å². The topological polar surface area (TPSA) is 17.8 Å². The Bertz CT molecular complexity index is 474. The summed E-state index contributed by atoms with van der Waals surface area (Å²) < 4.78 is 15.3. The number of aromatic nitrogens is 2. The van der Waals surface area contributed by atoms with E-state index in [4.69, 9.17) is 0 Å². The molecule has 0 aliphatic rings. The van der Waals surface area contributed by atoms with Crippen molar-refractivity contribution in [3.63, 3.8) is 0 Å². The van der Waals surface area contributed by atoms with Gasteiger partial charge < -0.3 is 4.57 Å². The predicted octanol–water partition coefficient (Wildman–Crippen LogP) is 3.19. The van der Waals surface area contributed by atoms with Crippen molar-refractivity contribution in [3.8, 4) is 0 Å². The van der Waals surface area contributed by atoms with Gasteiger partial charge >= 0.3 is 0 Å². The van der Waals surface area contributed by atoms with Crippen LogP contribution < -0.4 is 0 Å². The first kappa shape index (κ1) is 10.9. The molecule has 16 heavy (non-hydrogen) atoms. The fourth-order valence-corrected chi connectivity index (χ4v) is 1.59. The molecule has 0 atom stereocenters. The highest BCUT2D eigenvalue weighted by molar-refractivity contribution is 5.18. The standard InChI is InChI=1S/C13H15FN2/c1-10(2)13-8-16(9-15-13)7-11-5-3-4-6-12(11)14/h3-6,8-10H,7H2,1-2H3. The van der Waals surface area contributed by atoms with E-state index in [1.807, 2.05) is 16.8 Å². The molecule has 0 saturated heterocycles. The number of rotatable bonds is 3. The van der Waals surface area contributed by atoms with Crippen molar-refractivity contribution in [1.82, 2.24) is 9.55 Å². The van der Waals surface area contributed by atoms with Crippen LogP contribution in [0.4, 0.5) is 4.39 Å². The van der Waals surface area contributed by atoms with E-state index >= 15 is 0 Å². The molecule has 0 unspecified atom stereocenters. The normalized spacial score (nSPS) is 11.0. The van der Waals surface area contributed by atoms with Gasteiger partial charge in [0.15, 0.2) is 0 Å². The van der Waals surface area contributed by atoms with Crippen molar-refractivity contribution in [2.75, 3.05) is 0 Å². The molecule has 0 saturated carbocycles. The van der Waals surface area contributed by atoms with Crippen LogP contribution in [0.2, 0.25) is 0 Å². The summed E-state index contributed by atoms with van der Waals surface area (Å²) in [5.41, 5.74) is 1.73. The summed E-state index contributed by atoms with van der Waals surface area (Å²) in [7, 11) is 0. The zero-order valence-electron chi connectivity index (χ0n) is 9.52. The summed E-state index contributed by atoms with van der Waals surface area (Å²) >= 11 is 0. The molecule has 0 fully saturated rings. The Morgan fingerprint density at radius 1 is 1.31 bits per heavy atom. The molecule has 0 aliphatic heterocycles. The first-order chi connectivity index (χ1) is 7.66. The van der Waals surface area contributed by atoms with Gasteiger partial charge in [0.2, 0.25) is 0 Å². The van der Waals surface area contributed by atoms with Crippen LogP contribution in [0.15, 0.2) is 36.8 Å². The van der Waals surface area contributed by atoms with Gasteiger partial charge in [0.05, 0.1) is 18.6 Å². The number of hydrogen-bond acceptors (Lipinski definition) is 1. The van der Waals surface area contributed by atoms with Crippen molar-refractivity contribution in [1.29, 1.82) is 0 Å². The molecular weight excluding hydrogens is 203 g/mol. The highest BCUT2D eigenvalue weighted by Crippen LogP contribution is 2.13. The fraction of sp³-hybridized carbons (Fsp3) is 0.308. The van der Waals surface area contributed by atoms with Crippen LogP contribution in [0.5, 0.6) is 0 Å².